The van der Waals surface area contributed by atoms with Gasteiger partial charge in [0.05, 0.1) is 10.8 Å². The largest absolute Gasteiger partial charge is 0.315 e. The van der Waals surface area contributed by atoms with Gasteiger partial charge in [-0.1, -0.05) is 65.7 Å². The molecule has 8 heteroatoms. The predicted molar refractivity (Wildman–Crippen MR) is 103 cm³/mol. The van der Waals surface area contributed by atoms with Crippen LogP contribution in [0.5, 0.6) is 0 Å². The van der Waals surface area contributed by atoms with E-state index in [2.05, 4.69) is 4.72 Å². The highest BCUT2D eigenvalue weighted by Crippen LogP contribution is 2.44. The summed E-state index contributed by atoms with van der Waals surface area (Å²) in [6, 6.07) is 13.8. The minimum absolute atomic E-state index is 0.0918. The van der Waals surface area contributed by atoms with Crippen LogP contribution in [0.4, 0.5) is 10.2 Å². The van der Waals surface area contributed by atoms with Crippen molar-refractivity contribution in [1.29, 1.82) is 0 Å². The fraction of sp³-hybridized carbons (Fsp3) is 0.111. The molecule has 134 valence electrons. The molecule has 0 bridgehead atoms. The van der Waals surface area contributed by atoms with E-state index in [0.717, 1.165) is 5.56 Å². The number of nitrogens with one attached hydrogen (secondary N) is 1. The number of halogens is 3. The number of benzene rings is 2. The Morgan fingerprint density at radius 3 is 2.46 bits per heavy atom. The van der Waals surface area contributed by atoms with E-state index < -0.39 is 15.8 Å². The molecule has 4 rings (SSSR count). The van der Waals surface area contributed by atoms with E-state index in [4.69, 9.17) is 23.2 Å². The van der Waals surface area contributed by atoms with E-state index in [1.54, 1.807) is 16.7 Å². The molecule has 1 aromatic heterocycles. The van der Waals surface area contributed by atoms with Gasteiger partial charge < -0.3 is 4.57 Å². The highest BCUT2D eigenvalue weighted by atomic mass is 35.5. The third-order valence-corrected chi connectivity index (χ3v) is 6.40. The van der Waals surface area contributed by atoms with Gasteiger partial charge in [0.25, 0.3) is 0 Å². The first-order valence-electron chi connectivity index (χ1n) is 7.81. The van der Waals surface area contributed by atoms with Crippen LogP contribution in [0.1, 0.15) is 0 Å². The molecule has 0 amide bonds. The van der Waals surface area contributed by atoms with Gasteiger partial charge in [0.1, 0.15) is 16.8 Å². The quantitative estimate of drug-likeness (QED) is 0.644. The summed E-state index contributed by atoms with van der Waals surface area (Å²) in [6.45, 7) is 0.188. The molecule has 2 heterocycles. The topological polar surface area (TPSA) is 51.1 Å². The van der Waals surface area contributed by atoms with Crippen molar-refractivity contribution in [2.24, 2.45) is 0 Å². The van der Waals surface area contributed by atoms with Crippen LogP contribution in [0.3, 0.4) is 0 Å². The molecular weight excluding hydrogens is 398 g/mol. The lowest BCUT2D eigenvalue weighted by Gasteiger charge is -2.19. The minimum atomic E-state index is -3.47. The van der Waals surface area contributed by atoms with E-state index in [1.807, 2.05) is 30.3 Å². The van der Waals surface area contributed by atoms with Crippen molar-refractivity contribution in [2.75, 3.05) is 10.5 Å². The average Bonchev–Trinajstić information content (AvgIpc) is 2.85. The summed E-state index contributed by atoms with van der Waals surface area (Å²) in [7, 11) is -3.47. The second kappa shape index (κ2) is 6.30. The van der Waals surface area contributed by atoms with Gasteiger partial charge in [-0.2, -0.15) is 0 Å². The van der Waals surface area contributed by atoms with Gasteiger partial charge in [-0.05, 0) is 17.2 Å². The third kappa shape index (κ3) is 2.88. The Bertz CT molecular complexity index is 1110. The lowest BCUT2D eigenvalue weighted by atomic mass is 10.0. The molecule has 26 heavy (non-hydrogen) atoms. The Morgan fingerprint density at radius 2 is 1.77 bits per heavy atom. The number of fused-ring (bicyclic) bond motifs is 1. The zero-order chi connectivity index (χ0) is 18.5. The number of anilines is 1. The monoisotopic (exact) mass is 410 g/mol. The van der Waals surface area contributed by atoms with Crippen molar-refractivity contribution in [1.82, 2.24) is 4.57 Å². The van der Waals surface area contributed by atoms with E-state index >= 15 is 0 Å². The normalized spacial score (nSPS) is 15.3. The summed E-state index contributed by atoms with van der Waals surface area (Å²) in [4.78, 5) is 0. The minimum Gasteiger partial charge on any atom is -0.315 e. The number of hydrogen-bond donors (Lipinski definition) is 1. The molecule has 1 N–H and O–H groups in total. The fourth-order valence-electron chi connectivity index (χ4n) is 3.07. The van der Waals surface area contributed by atoms with Crippen LogP contribution in [-0.2, 0) is 16.6 Å². The van der Waals surface area contributed by atoms with Crippen molar-refractivity contribution in [3.63, 3.8) is 0 Å². The molecule has 0 saturated heterocycles. The van der Waals surface area contributed by atoms with Gasteiger partial charge in [-0.15, -0.1) is 0 Å². The highest BCUT2D eigenvalue weighted by molar-refractivity contribution is 7.92. The van der Waals surface area contributed by atoms with Crippen LogP contribution in [0.2, 0.25) is 10.2 Å². The average molecular weight is 411 g/mol. The molecule has 4 nitrogen and oxygen atoms in total. The highest BCUT2D eigenvalue weighted by Gasteiger charge is 2.29. The maximum Gasteiger partial charge on any atom is 0.235 e. The number of aromatic nitrogens is 1. The van der Waals surface area contributed by atoms with E-state index in [1.165, 1.54) is 6.07 Å². The van der Waals surface area contributed by atoms with E-state index in [-0.39, 0.29) is 28.3 Å². The van der Waals surface area contributed by atoms with E-state index in [9.17, 15) is 12.8 Å². The standard InChI is InChI=1S/C18H13Cl2FN2O2S/c19-16-15(18-22-26(24,25)9-8-23(18)17(16)20)12-6-7-13(14(21)10-12)11-4-2-1-3-5-11/h1-7,10,22H,8-9H2. The molecular formula is C18H13Cl2FN2O2S. The second-order valence-corrected chi connectivity index (χ2v) is 8.54. The van der Waals surface area contributed by atoms with Crippen molar-refractivity contribution in [2.45, 2.75) is 6.54 Å². The molecule has 0 atom stereocenters. The number of sulfonamides is 1. The summed E-state index contributed by atoms with van der Waals surface area (Å²) in [5.41, 5.74) is 2.02. The van der Waals surface area contributed by atoms with Crippen molar-refractivity contribution in [3.8, 4) is 22.3 Å². The molecule has 1 aliphatic heterocycles. The van der Waals surface area contributed by atoms with Crippen LogP contribution < -0.4 is 4.72 Å². The Kier molecular flexibility index (Phi) is 4.22. The molecule has 0 unspecified atom stereocenters. The molecule has 2 aromatic carbocycles. The van der Waals surface area contributed by atoms with Crippen LogP contribution in [-0.4, -0.2) is 18.7 Å². The second-order valence-electron chi connectivity index (χ2n) is 5.96. The molecule has 0 spiro atoms. The molecule has 3 aromatic rings. The molecule has 1 aliphatic rings. The van der Waals surface area contributed by atoms with Gasteiger partial charge >= 0.3 is 0 Å². The fourth-order valence-corrected chi connectivity index (χ4v) is 4.67. The van der Waals surface area contributed by atoms with Crippen LogP contribution >= 0.6 is 23.2 Å². The summed E-state index contributed by atoms with van der Waals surface area (Å²) in [6.07, 6.45) is 0. The molecule has 0 radical (unpaired) electrons. The SMILES string of the molecule is O=S1(=O)CCn2c(Cl)c(Cl)c(-c3ccc(-c4ccccc4)c(F)c3)c2N1. The maximum absolute atomic E-state index is 14.7. The summed E-state index contributed by atoms with van der Waals surface area (Å²) in [5, 5.41) is 0.421. The Hall–Kier alpha value is -2.02. The smallest absolute Gasteiger partial charge is 0.235 e. The van der Waals surface area contributed by atoms with Crippen LogP contribution in [0.15, 0.2) is 48.5 Å². The third-order valence-electron chi connectivity index (χ3n) is 4.32. The van der Waals surface area contributed by atoms with Crippen molar-refractivity contribution >= 4 is 39.0 Å². The number of hydrogen-bond acceptors (Lipinski definition) is 2. The van der Waals surface area contributed by atoms with Crippen molar-refractivity contribution < 1.29 is 12.8 Å². The van der Waals surface area contributed by atoms with E-state index in [0.29, 0.717) is 16.7 Å². The lowest BCUT2D eigenvalue weighted by Crippen LogP contribution is -2.27. The lowest BCUT2D eigenvalue weighted by molar-refractivity contribution is 0.588. The predicted octanol–water partition coefficient (Wildman–Crippen LogP) is 5.02. The van der Waals surface area contributed by atoms with Crippen molar-refractivity contribution in [3.05, 3.63) is 64.5 Å². The first-order valence-corrected chi connectivity index (χ1v) is 10.2. The van der Waals surface area contributed by atoms with Crippen LogP contribution in [0.25, 0.3) is 22.3 Å². The Morgan fingerprint density at radius 1 is 1.04 bits per heavy atom. The first kappa shape index (κ1) is 17.4. The molecule has 0 fully saturated rings. The maximum atomic E-state index is 14.7. The zero-order valence-electron chi connectivity index (χ0n) is 13.3. The van der Waals surface area contributed by atoms with Gasteiger partial charge in [0.15, 0.2) is 0 Å². The molecule has 0 aliphatic carbocycles. The van der Waals surface area contributed by atoms with Gasteiger partial charge in [0, 0.05) is 17.7 Å². The van der Waals surface area contributed by atoms with Gasteiger partial charge in [-0.25, -0.2) is 12.8 Å². The Labute approximate surface area is 160 Å². The number of rotatable bonds is 2. The van der Waals surface area contributed by atoms with Gasteiger partial charge in [-0.3, -0.25) is 4.72 Å². The summed E-state index contributed by atoms with van der Waals surface area (Å²) < 4.78 is 42.7. The van der Waals surface area contributed by atoms with Crippen LogP contribution in [0, 0.1) is 5.82 Å². The summed E-state index contributed by atoms with van der Waals surface area (Å²) in [5.74, 6) is -0.261. The zero-order valence-corrected chi connectivity index (χ0v) is 15.7. The van der Waals surface area contributed by atoms with Gasteiger partial charge in [0.2, 0.25) is 10.0 Å². The molecule has 0 saturated carbocycles. The number of nitrogens with zero attached hydrogens (tertiary/aromatic N) is 1. The summed E-state index contributed by atoms with van der Waals surface area (Å²) >= 11 is 12.6. The first-order chi connectivity index (χ1) is 12.4. The Balaban J connectivity index is 1.86.